The Morgan fingerprint density at radius 1 is 1.43 bits per heavy atom. The fraction of sp³-hybridized carbons (Fsp3) is 0.400. The van der Waals surface area contributed by atoms with E-state index in [0.29, 0.717) is 6.54 Å². The highest BCUT2D eigenvalue weighted by atomic mass is 32.2. The van der Waals surface area contributed by atoms with Gasteiger partial charge >= 0.3 is 0 Å². The second kappa shape index (κ2) is 3.90. The molecular formula is C10H14N2OS. The van der Waals surface area contributed by atoms with Crippen LogP contribution in [0.3, 0.4) is 0 Å². The predicted octanol–water partition coefficient (Wildman–Crippen LogP) is 0.891. The van der Waals surface area contributed by atoms with Crippen molar-refractivity contribution in [3.05, 3.63) is 34.9 Å². The minimum atomic E-state index is -1.33. The van der Waals surface area contributed by atoms with Gasteiger partial charge in [0.05, 0.1) is 13.1 Å². The molecule has 0 saturated heterocycles. The van der Waals surface area contributed by atoms with Crippen molar-refractivity contribution < 1.29 is 4.55 Å². The minimum absolute atomic E-state index is 0.708. The molecule has 1 aliphatic rings. The topological polar surface area (TPSA) is 52.3 Å². The quantitative estimate of drug-likeness (QED) is 0.700. The van der Waals surface area contributed by atoms with Crippen LogP contribution in [-0.2, 0) is 24.5 Å². The highest BCUT2D eigenvalue weighted by molar-refractivity contribution is 7.86. The number of benzene rings is 1. The van der Waals surface area contributed by atoms with E-state index in [1.54, 1.807) is 4.31 Å². The zero-order chi connectivity index (χ0) is 10.1. The zero-order valence-corrected chi connectivity index (χ0v) is 9.01. The molecule has 0 spiro atoms. The van der Waals surface area contributed by atoms with Crippen LogP contribution < -0.4 is 5.14 Å². The van der Waals surface area contributed by atoms with Gasteiger partial charge in [0.2, 0.25) is 0 Å². The molecule has 1 aromatic carbocycles. The Balaban J connectivity index is 2.24. The van der Waals surface area contributed by atoms with Gasteiger partial charge in [-0.25, -0.2) is 0 Å². The van der Waals surface area contributed by atoms with E-state index in [1.807, 2.05) is 0 Å². The maximum Gasteiger partial charge on any atom is 0.135 e. The summed E-state index contributed by atoms with van der Waals surface area (Å²) in [6, 6.07) is 6.42. The van der Waals surface area contributed by atoms with Crippen molar-refractivity contribution in [1.82, 2.24) is 4.31 Å². The lowest BCUT2D eigenvalue weighted by Crippen LogP contribution is -2.40. The summed E-state index contributed by atoms with van der Waals surface area (Å²) < 4.78 is 12.9. The van der Waals surface area contributed by atoms with Crippen LogP contribution in [0.2, 0.25) is 0 Å². The molecule has 0 saturated carbocycles. The standard InChI is InChI=1S/C10H14N2OS/c1-8-2-3-9-4-5-12(14(11)13)7-10(9)6-8/h2-3,6H,4-5,7,11H2,1H3. The van der Waals surface area contributed by atoms with Crippen molar-refractivity contribution in [2.75, 3.05) is 6.54 Å². The van der Waals surface area contributed by atoms with Crippen LogP contribution in [0.5, 0.6) is 0 Å². The second-order valence-corrected chi connectivity index (χ2v) is 4.73. The first-order valence-corrected chi connectivity index (χ1v) is 5.83. The molecule has 2 N–H and O–H groups in total. The number of hydrogen-bond acceptors (Lipinski definition) is 3. The van der Waals surface area contributed by atoms with Crippen molar-refractivity contribution in [3.8, 4) is 0 Å². The highest BCUT2D eigenvalue weighted by Gasteiger charge is 2.22. The van der Waals surface area contributed by atoms with Gasteiger partial charge in [-0.1, -0.05) is 23.8 Å². The Hall–Kier alpha value is -0.550. The summed E-state index contributed by atoms with van der Waals surface area (Å²) in [5.41, 5.74) is 3.86. The van der Waals surface area contributed by atoms with E-state index in [0.717, 1.165) is 13.0 Å². The average molecular weight is 210 g/mol. The fourth-order valence-electron chi connectivity index (χ4n) is 1.81. The first-order valence-electron chi connectivity index (χ1n) is 4.66. The van der Waals surface area contributed by atoms with Gasteiger partial charge in [0.1, 0.15) is 11.5 Å². The molecule has 0 fully saturated rings. The largest absolute Gasteiger partial charge is 0.579 e. The number of rotatable bonds is 1. The lowest BCUT2D eigenvalue weighted by molar-refractivity contribution is 0.391. The maximum absolute atomic E-state index is 11.1. The van der Waals surface area contributed by atoms with E-state index in [1.165, 1.54) is 16.7 Å². The van der Waals surface area contributed by atoms with Crippen LogP contribution in [0.15, 0.2) is 18.2 Å². The summed E-state index contributed by atoms with van der Waals surface area (Å²) in [6.07, 6.45) is 0.943. The Bertz CT molecular complexity index is 341. The molecule has 1 aliphatic heterocycles. The number of aryl methyl sites for hydroxylation is 1. The average Bonchev–Trinajstić information content (AvgIpc) is 2.16. The Morgan fingerprint density at radius 3 is 2.93 bits per heavy atom. The molecule has 1 heterocycles. The van der Waals surface area contributed by atoms with Gasteiger partial charge in [-0.15, -0.1) is 9.44 Å². The van der Waals surface area contributed by atoms with Gasteiger partial charge in [0.15, 0.2) is 0 Å². The molecule has 0 radical (unpaired) electrons. The summed E-state index contributed by atoms with van der Waals surface area (Å²) in [6.45, 7) is 3.57. The minimum Gasteiger partial charge on any atom is -0.579 e. The third kappa shape index (κ3) is 1.93. The molecule has 4 heteroatoms. The molecule has 0 amide bonds. The molecule has 3 nitrogen and oxygen atoms in total. The number of nitrogens with two attached hydrogens (primary N) is 1. The molecule has 1 unspecified atom stereocenters. The van der Waals surface area contributed by atoms with Crippen molar-refractivity contribution in [1.29, 1.82) is 0 Å². The van der Waals surface area contributed by atoms with Crippen LogP contribution in [0.4, 0.5) is 0 Å². The maximum atomic E-state index is 11.1. The van der Waals surface area contributed by atoms with E-state index >= 15 is 0 Å². The van der Waals surface area contributed by atoms with Crippen LogP contribution in [-0.4, -0.2) is 15.4 Å². The molecule has 1 aromatic rings. The SMILES string of the molecule is Cc1ccc2c(c1)CN([S+](N)[O-])CC2. The third-order valence-electron chi connectivity index (χ3n) is 2.59. The summed E-state index contributed by atoms with van der Waals surface area (Å²) in [5, 5.41) is 5.36. The summed E-state index contributed by atoms with van der Waals surface area (Å²) in [7, 11) is 0. The van der Waals surface area contributed by atoms with E-state index in [4.69, 9.17) is 5.14 Å². The van der Waals surface area contributed by atoms with Crippen LogP contribution in [0, 0.1) is 6.92 Å². The van der Waals surface area contributed by atoms with E-state index in [-0.39, 0.29) is 0 Å². The Labute approximate surface area is 87.4 Å². The van der Waals surface area contributed by atoms with Gasteiger partial charge in [-0.3, -0.25) is 0 Å². The van der Waals surface area contributed by atoms with Crippen molar-refractivity contribution in [3.63, 3.8) is 0 Å². The number of hydrogen-bond donors (Lipinski definition) is 1. The van der Waals surface area contributed by atoms with E-state index in [2.05, 4.69) is 25.1 Å². The summed E-state index contributed by atoms with van der Waals surface area (Å²) >= 11 is -1.33. The molecule has 0 aromatic heterocycles. The molecular weight excluding hydrogens is 196 g/mol. The summed E-state index contributed by atoms with van der Waals surface area (Å²) in [5.74, 6) is 0. The lowest BCUT2D eigenvalue weighted by Gasteiger charge is -2.26. The molecule has 1 atom stereocenters. The fourth-order valence-corrected chi connectivity index (χ4v) is 2.35. The van der Waals surface area contributed by atoms with Crippen molar-refractivity contribution in [2.24, 2.45) is 5.14 Å². The van der Waals surface area contributed by atoms with Gasteiger partial charge in [0, 0.05) is 0 Å². The molecule has 2 rings (SSSR count). The first-order chi connectivity index (χ1) is 6.66. The molecule has 14 heavy (non-hydrogen) atoms. The van der Waals surface area contributed by atoms with Crippen LogP contribution >= 0.6 is 0 Å². The smallest absolute Gasteiger partial charge is 0.135 e. The number of fused-ring (bicyclic) bond motifs is 1. The lowest BCUT2D eigenvalue weighted by atomic mass is 9.99. The summed E-state index contributed by atoms with van der Waals surface area (Å²) in [4.78, 5) is 0. The van der Waals surface area contributed by atoms with Gasteiger partial charge < -0.3 is 4.55 Å². The van der Waals surface area contributed by atoms with E-state index < -0.39 is 11.5 Å². The van der Waals surface area contributed by atoms with Crippen LogP contribution in [0.1, 0.15) is 16.7 Å². The molecule has 0 bridgehead atoms. The Morgan fingerprint density at radius 2 is 2.21 bits per heavy atom. The second-order valence-electron chi connectivity index (χ2n) is 3.66. The monoisotopic (exact) mass is 210 g/mol. The number of nitrogens with zero attached hydrogens (tertiary/aromatic N) is 1. The Kier molecular flexibility index (Phi) is 2.78. The van der Waals surface area contributed by atoms with Gasteiger partial charge in [-0.2, -0.15) is 0 Å². The van der Waals surface area contributed by atoms with Gasteiger partial charge in [-0.05, 0) is 24.5 Å². The predicted molar refractivity (Wildman–Crippen MR) is 57.6 cm³/mol. The van der Waals surface area contributed by atoms with Crippen molar-refractivity contribution >= 4 is 11.5 Å². The molecule has 0 aliphatic carbocycles. The van der Waals surface area contributed by atoms with Gasteiger partial charge in [0.25, 0.3) is 0 Å². The molecule has 76 valence electrons. The first kappa shape index (κ1) is 9.98. The van der Waals surface area contributed by atoms with E-state index in [9.17, 15) is 4.55 Å². The third-order valence-corrected chi connectivity index (χ3v) is 3.41. The normalized spacial score (nSPS) is 19.1. The highest BCUT2D eigenvalue weighted by Crippen LogP contribution is 2.20. The van der Waals surface area contributed by atoms with Crippen LogP contribution in [0.25, 0.3) is 0 Å². The zero-order valence-electron chi connectivity index (χ0n) is 8.19. The van der Waals surface area contributed by atoms with Crippen molar-refractivity contribution in [2.45, 2.75) is 19.9 Å².